The van der Waals surface area contributed by atoms with Crippen molar-refractivity contribution in [1.29, 1.82) is 0 Å². The van der Waals surface area contributed by atoms with E-state index in [1.54, 1.807) is 0 Å². The third kappa shape index (κ3) is 92.8. The standard InChI is InChI=1S/Au.H2NO2P/c;2-1(3)4/h;4H2. The van der Waals surface area contributed by atoms with Gasteiger partial charge in [0.2, 0.25) is 9.39 Å². The molecular formula is H2AuNO2P. The zero-order valence-electron chi connectivity index (χ0n) is 2.14. The molecule has 0 aromatic rings. The minimum Gasteiger partial charge on any atom is -0.264 e. The summed E-state index contributed by atoms with van der Waals surface area (Å²) in [6, 6.07) is 0. The molecule has 3 nitrogen and oxygen atoms in total. The van der Waals surface area contributed by atoms with Crippen molar-refractivity contribution in [2.45, 2.75) is 0 Å². The second-order valence-electron chi connectivity index (χ2n) is 0.285. The predicted molar refractivity (Wildman–Crippen MR) is 16.7 cm³/mol. The Kier molecular flexibility index (Phi) is 8.34. The van der Waals surface area contributed by atoms with Crippen molar-refractivity contribution in [2.24, 2.45) is 0 Å². The summed E-state index contributed by atoms with van der Waals surface area (Å²) < 4.78 is -0.583. The van der Waals surface area contributed by atoms with Crippen LogP contribution in [0, 0.1) is 10.1 Å². The fourth-order valence-corrected chi connectivity index (χ4v) is 0. The fourth-order valence-electron chi connectivity index (χ4n) is 0. The van der Waals surface area contributed by atoms with E-state index in [-0.39, 0.29) is 22.4 Å². The predicted octanol–water partition coefficient (Wildman–Crippen LogP) is 0.0507. The molecule has 0 saturated heterocycles. The van der Waals surface area contributed by atoms with Crippen LogP contribution >= 0.6 is 9.39 Å². The Morgan fingerprint density at radius 3 is 1.80 bits per heavy atom. The number of nitro groups is 1. The molecule has 0 rings (SSSR count). The summed E-state index contributed by atoms with van der Waals surface area (Å²) in [4.78, 5) is 8.77. The van der Waals surface area contributed by atoms with E-state index >= 15 is 0 Å². The number of hydrogen-bond acceptors (Lipinski definition) is 2. The molecule has 5 heteroatoms. The van der Waals surface area contributed by atoms with Crippen LogP contribution in [0.1, 0.15) is 0 Å². The van der Waals surface area contributed by atoms with E-state index in [9.17, 15) is 0 Å². The fraction of sp³-hybridized carbons (Fsp3) is 0. The van der Waals surface area contributed by atoms with Gasteiger partial charge in [0.25, 0.3) is 0 Å². The molecule has 0 aliphatic heterocycles. The van der Waals surface area contributed by atoms with E-state index < -0.39 is 4.69 Å². The summed E-state index contributed by atoms with van der Waals surface area (Å²) in [6.45, 7) is 0. The van der Waals surface area contributed by atoms with Gasteiger partial charge in [0.15, 0.2) is 0 Å². The second-order valence-corrected chi connectivity index (χ2v) is 0.707. The second kappa shape index (κ2) is 4.57. The maximum absolute atomic E-state index is 8.77. The van der Waals surface area contributed by atoms with Crippen LogP contribution in [0.25, 0.3) is 0 Å². The number of nitrogens with zero attached hydrogens (tertiary/aromatic N) is 1. The van der Waals surface area contributed by atoms with Gasteiger partial charge in [-0.15, -0.1) is 0 Å². The molecule has 5 heavy (non-hydrogen) atoms. The van der Waals surface area contributed by atoms with E-state index in [0.29, 0.717) is 0 Å². The average Bonchev–Trinajstić information content (AvgIpc) is 0.811. The van der Waals surface area contributed by atoms with Crippen LogP contribution in [-0.4, -0.2) is 4.69 Å². The van der Waals surface area contributed by atoms with Crippen LogP contribution in [0.2, 0.25) is 0 Å². The van der Waals surface area contributed by atoms with E-state index in [4.69, 9.17) is 10.1 Å². The van der Waals surface area contributed by atoms with Crippen molar-refractivity contribution in [3.63, 3.8) is 0 Å². The Labute approximate surface area is 47.0 Å². The monoisotopic (exact) mass is 276 g/mol. The quantitative estimate of drug-likeness (QED) is 0.271. The minimum absolute atomic E-state index is 0. The van der Waals surface area contributed by atoms with Crippen LogP contribution in [0.5, 0.6) is 0 Å². The topological polar surface area (TPSA) is 43.1 Å². The van der Waals surface area contributed by atoms with Gasteiger partial charge in [-0.3, -0.25) is 10.1 Å². The summed E-state index contributed by atoms with van der Waals surface area (Å²) in [5.41, 5.74) is 0. The van der Waals surface area contributed by atoms with Crippen molar-refractivity contribution >= 4 is 9.39 Å². The summed E-state index contributed by atoms with van der Waals surface area (Å²) in [5.74, 6) is 0. The molecule has 0 N–H and O–H groups in total. The molecule has 1 unspecified atom stereocenters. The van der Waals surface area contributed by atoms with E-state index in [1.807, 2.05) is 0 Å². The van der Waals surface area contributed by atoms with Gasteiger partial charge in [-0.2, -0.15) is 0 Å². The average molecular weight is 276 g/mol. The van der Waals surface area contributed by atoms with E-state index in [1.165, 1.54) is 9.39 Å². The molecule has 0 amide bonds. The first-order valence-corrected chi connectivity index (χ1v) is 1.14. The normalized spacial score (nSPS) is 5.00. The van der Waals surface area contributed by atoms with Gasteiger partial charge < -0.3 is 0 Å². The van der Waals surface area contributed by atoms with Crippen LogP contribution in [-0.2, 0) is 22.4 Å². The molecule has 1 atom stereocenters. The first-order chi connectivity index (χ1) is 1.73. The third-order valence-electron chi connectivity index (χ3n) is 0. The summed E-state index contributed by atoms with van der Waals surface area (Å²) in [5, 5.41) is 8.77. The zero-order valence-corrected chi connectivity index (χ0v) is 5.46. The van der Waals surface area contributed by atoms with Gasteiger partial charge in [0.1, 0.15) is 0 Å². The largest absolute Gasteiger partial charge is 0.264 e. The minimum atomic E-state index is -0.583. The van der Waals surface area contributed by atoms with Crippen LogP contribution in [0.3, 0.4) is 0 Å². The van der Waals surface area contributed by atoms with Crippen molar-refractivity contribution in [3.05, 3.63) is 10.1 Å². The van der Waals surface area contributed by atoms with Crippen LogP contribution in [0.15, 0.2) is 0 Å². The Balaban J connectivity index is 0. The Hall–Kier alpha value is 0.570. The molecule has 0 aliphatic rings. The van der Waals surface area contributed by atoms with Crippen molar-refractivity contribution in [3.8, 4) is 0 Å². The molecule has 0 saturated carbocycles. The molecule has 0 bridgehead atoms. The SMILES string of the molecule is O=[N+]([O-])P.[Au]. The van der Waals surface area contributed by atoms with Gasteiger partial charge in [-0.05, 0) is 0 Å². The van der Waals surface area contributed by atoms with E-state index in [0.717, 1.165) is 0 Å². The summed E-state index contributed by atoms with van der Waals surface area (Å²) in [7, 11) is 1.38. The van der Waals surface area contributed by atoms with Gasteiger partial charge in [-0.1, -0.05) is 0 Å². The van der Waals surface area contributed by atoms with Crippen molar-refractivity contribution < 1.29 is 27.1 Å². The number of hydrogen-bond donors (Lipinski definition) is 0. The van der Waals surface area contributed by atoms with Gasteiger partial charge in [0.05, 0.1) is 0 Å². The Morgan fingerprint density at radius 2 is 1.80 bits per heavy atom. The summed E-state index contributed by atoms with van der Waals surface area (Å²) in [6.07, 6.45) is 0. The molecule has 35 valence electrons. The van der Waals surface area contributed by atoms with E-state index in [2.05, 4.69) is 0 Å². The van der Waals surface area contributed by atoms with Crippen molar-refractivity contribution in [2.75, 3.05) is 0 Å². The molecule has 1 radical (unpaired) electrons. The Bertz CT molecular complexity index is 32.6. The molecule has 0 aliphatic carbocycles. The number of rotatable bonds is 0. The summed E-state index contributed by atoms with van der Waals surface area (Å²) >= 11 is 0. The molecule has 0 spiro atoms. The van der Waals surface area contributed by atoms with Gasteiger partial charge in [0, 0.05) is 27.1 Å². The first kappa shape index (κ1) is 9.13. The molecular weight excluding hydrogens is 274 g/mol. The first-order valence-electron chi connectivity index (χ1n) is 0.623. The van der Waals surface area contributed by atoms with Gasteiger partial charge in [-0.25, -0.2) is 0 Å². The van der Waals surface area contributed by atoms with Crippen LogP contribution < -0.4 is 0 Å². The van der Waals surface area contributed by atoms with Crippen LogP contribution in [0.4, 0.5) is 0 Å². The smallest absolute Gasteiger partial charge is 0.223 e. The molecule has 0 fully saturated rings. The zero-order chi connectivity index (χ0) is 3.58. The third-order valence-corrected chi connectivity index (χ3v) is 0. The Morgan fingerprint density at radius 1 is 1.80 bits per heavy atom. The molecule has 0 aromatic heterocycles. The van der Waals surface area contributed by atoms with Gasteiger partial charge >= 0.3 is 0 Å². The molecule has 0 heterocycles. The van der Waals surface area contributed by atoms with Crippen molar-refractivity contribution in [1.82, 2.24) is 0 Å². The molecule has 0 aromatic carbocycles. The maximum Gasteiger partial charge on any atom is 0.223 e. The maximum atomic E-state index is 8.77.